The Morgan fingerprint density at radius 2 is 1.69 bits per heavy atom. The predicted molar refractivity (Wildman–Crippen MR) is 174 cm³/mol. The number of carbonyl (C=O) groups is 2. The van der Waals surface area contributed by atoms with Gasteiger partial charge in [-0.15, -0.1) is 0 Å². The lowest BCUT2D eigenvalue weighted by Crippen LogP contribution is -2.55. The number of nitrogens with one attached hydrogen (secondary N) is 1. The summed E-state index contributed by atoms with van der Waals surface area (Å²) in [6, 6.07) is 13.2. The highest BCUT2D eigenvalue weighted by atomic mass is 35.5. The molecule has 2 amide bonds. The third kappa shape index (κ3) is 8.86. The van der Waals surface area contributed by atoms with Crippen LogP contribution >= 0.6 is 23.2 Å². The Bertz CT molecular complexity index is 1680. The molecule has 1 atom stereocenters. The number of anilines is 1. The minimum Gasteiger partial charge on any atom is -0.497 e. The molecule has 0 saturated carbocycles. The molecule has 0 fully saturated rings. The van der Waals surface area contributed by atoms with Gasteiger partial charge >= 0.3 is 0 Å². The van der Waals surface area contributed by atoms with Crippen LogP contribution in [0.1, 0.15) is 45.2 Å². The van der Waals surface area contributed by atoms with E-state index in [1.807, 2.05) is 0 Å². The highest BCUT2D eigenvalue weighted by molar-refractivity contribution is 7.92. The summed E-state index contributed by atoms with van der Waals surface area (Å²) in [7, 11) is -3.10. The lowest BCUT2D eigenvalue weighted by Gasteiger charge is -2.35. The molecular formula is C31H36Cl2N4O7S. The van der Waals surface area contributed by atoms with Gasteiger partial charge in [-0.1, -0.05) is 42.3 Å². The Balaban J connectivity index is 2.15. The Morgan fingerprint density at radius 1 is 1.04 bits per heavy atom. The van der Waals surface area contributed by atoms with Crippen molar-refractivity contribution in [2.45, 2.75) is 64.1 Å². The molecule has 14 heteroatoms. The van der Waals surface area contributed by atoms with E-state index in [4.69, 9.17) is 27.9 Å². The van der Waals surface area contributed by atoms with Gasteiger partial charge in [0.2, 0.25) is 11.8 Å². The first kappa shape index (κ1) is 35.6. The van der Waals surface area contributed by atoms with Gasteiger partial charge in [0.1, 0.15) is 18.3 Å². The number of sulfonamides is 1. The molecule has 45 heavy (non-hydrogen) atoms. The standard InChI is InChI=1S/C31H36Cl2N4O7S/c1-7-27(30(39)34-31(3,4)5)35(18-21-9-10-22(32)16-26(21)33)29(38)19-36(23-11-13-24(44-6)14-12-23)45(42,43)25-15-8-20(2)28(17-25)37(40)41/h8-17,27H,7,18-19H2,1-6H3,(H,34,39)/t27-/m0/s1. The number of ether oxygens (including phenoxy) is 1. The summed E-state index contributed by atoms with van der Waals surface area (Å²) >= 11 is 12.5. The zero-order valence-electron chi connectivity index (χ0n) is 25.8. The number of nitro groups is 1. The lowest BCUT2D eigenvalue weighted by molar-refractivity contribution is -0.385. The minimum absolute atomic E-state index is 0.101. The van der Waals surface area contributed by atoms with Gasteiger partial charge in [-0.3, -0.25) is 24.0 Å². The fourth-order valence-corrected chi connectivity index (χ4v) is 6.46. The number of halogens is 2. The molecule has 3 aromatic carbocycles. The molecule has 1 N–H and O–H groups in total. The molecule has 0 spiro atoms. The van der Waals surface area contributed by atoms with E-state index in [0.717, 1.165) is 10.4 Å². The van der Waals surface area contributed by atoms with Crippen molar-refractivity contribution in [1.82, 2.24) is 10.2 Å². The van der Waals surface area contributed by atoms with Gasteiger partial charge < -0.3 is 15.0 Å². The number of aryl methyl sites for hydroxylation is 1. The van der Waals surface area contributed by atoms with E-state index in [1.165, 1.54) is 61.4 Å². The fourth-order valence-electron chi connectivity index (χ4n) is 4.56. The Labute approximate surface area is 273 Å². The molecule has 0 saturated heterocycles. The number of nitrogens with zero attached hydrogens (tertiary/aromatic N) is 3. The third-order valence-electron chi connectivity index (χ3n) is 6.84. The maximum Gasteiger partial charge on any atom is 0.273 e. The quantitative estimate of drug-likeness (QED) is 0.179. The van der Waals surface area contributed by atoms with Crippen molar-refractivity contribution in [3.05, 3.63) is 92.0 Å². The molecule has 0 aliphatic carbocycles. The first-order valence-electron chi connectivity index (χ1n) is 14.0. The van der Waals surface area contributed by atoms with Gasteiger partial charge in [-0.2, -0.15) is 0 Å². The highest BCUT2D eigenvalue weighted by Crippen LogP contribution is 2.30. The van der Waals surface area contributed by atoms with E-state index in [9.17, 15) is 28.1 Å². The van der Waals surface area contributed by atoms with Crippen LogP contribution in [-0.2, 0) is 26.2 Å². The van der Waals surface area contributed by atoms with Crippen molar-refractivity contribution in [1.29, 1.82) is 0 Å². The Hall–Kier alpha value is -3.87. The van der Waals surface area contributed by atoms with Gasteiger partial charge in [0.05, 0.1) is 22.6 Å². The van der Waals surface area contributed by atoms with Gasteiger partial charge in [-0.05, 0) is 82.1 Å². The molecule has 0 aromatic heterocycles. The molecule has 242 valence electrons. The molecule has 11 nitrogen and oxygen atoms in total. The van der Waals surface area contributed by atoms with Crippen molar-refractivity contribution < 1.29 is 27.7 Å². The second-order valence-corrected chi connectivity index (χ2v) is 14.0. The molecule has 0 radical (unpaired) electrons. The summed E-state index contributed by atoms with van der Waals surface area (Å²) in [6.07, 6.45) is 0.207. The smallest absolute Gasteiger partial charge is 0.273 e. The van der Waals surface area contributed by atoms with Crippen LogP contribution in [0, 0.1) is 17.0 Å². The largest absolute Gasteiger partial charge is 0.497 e. The molecule has 0 aliphatic heterocycles. The summed E-state index contributed by atoms with van der Waals surface area (Å²) in [5.41, 5.74) is -0.141. The lowest BCUT2D eigenvalue weighted by atomic mass is 10.1. The topological polar surface area (TPSA) is 139 Å². The number of carbonyl (C=O) groups excluding carboxylic acids is 2. The van der Waals surface area contributed by atoms with E-state index in [0.29, 0.717) is 16.3 Å². The SMILES string of the molecule is CC[C@@H](C(=O)NC(C)(C)C)N(Cc1ccc(Cl)cc1Cl)C(=O)CN(c1ccc(OC)cc1)S(=O)(=O)c1ccc(C)c([N+](=O)[O-])c1. The maximum absolute atomic E-state index is 14.2. The summed E-state index contributed by atoms with van der Waals surface area (Å²) in [6.45, 7) is 7.78. The normalized spacial score (nSPS) is 12.3. The second-order valence-electron chi connectivity index (χ2n) is 11.3. The highest BCUT2D eigenvalue weighted by Gasteiger charge is 2.35. The van der Waals surface area contributed by atoms with Crippen LogP contribution in [0.15, 0.2) is 65.6 Å². The van der Waals surface area contributed by atoms with Crippen molar-refractivity contribution in [2.24, 2.45) is 0 Å². The molecule has 0 bridgehead atoms. The van der Waals surface area contributed by atoms with Crippen LogP contribution in [-0.4, -0.2) is 55.3 Å². The van der Waals surface area contributed by atoms with Crippen LogP contribution in [0.4, 0.5) is 11.4 Å². The third-order valence-corrected chi connectivity index (χ3v) is 9.20. The molecule has 0 heterocycles. The number of amides is 2. The average Bonchev–Trinajstić information content (AvgIpc) is 2.95. The van der Waals surface area contributed by atoms with Crippen molar-refractivity contribution in [2.75, 3.05) is 18.0 Å². The van der Waals surface area contributed by atoms with E-state index in [1.54, 1.807) is 39.8 Å². The first-order chi connectivity index (χ1) is 21.0. The van der Waals surface area contributed by atoms with Gasteiger partial charge in [0, 0.05) is 33.8 Å². The van der Waals surface area contributed by atoms with Crippen LogP contribution < -0.4 is 14.4 Å². The maximum atomic E-state index is 14.2. The van der Waals surface area contributed by atoms with Crippen LogP contribution in [0.25, 0.3) is 0 Å². The summed E-state index contributed by atoms with van der Waals surface area (Å²) in [5, 5.41) is 15.2. The monoisotopic (exact) mass is 678 g/mol. The number of nitro benzene ring substituents is 1. The average molecular weight is 680 g/mol. The Morgan fingerprint density at radius 3 is 2.22 bits per heavy atom. The van der Waals surface area contributed by atoms with Crippen LogP contribution in [0.3, 0.4) is 0 Å². The van der Waals surface area contributed by atoms with E-state index < -0.39 is 44.9 Å². The van der Waals surface area contributed by atoms with E-state index >= 15 is 0 Å². The fraction of sp³-hybridized carbons (Fsp3) is 0.355. The summed E-state index contributed by atoms with van der Waals surface area (Å²) < 4.78 is 34.3. The predicted octanol–water partition coefficient (Wildman–Crippen LogP) is 6.14. The first-order valence-corrected chi connectivity index (χ1v) is 16.1. The molecule has 3 rings (SSSR count). The Kier molecular flexibility index (Phi) is 11.5. The zero-order chi connectivity index (χ0) is 33.7. The molecule has 0 aliphatic rings. The number of benzene rings is 3. The van der Waals surface area contributed by atoms with Crippen molar-refractivity contribution in [3.63, 3.8) is 0 Å². The molecule has 0 unspecified atom stereocenters. The number of hydrogen-bond donors (Lipinski definition) is 1. The van der Waals surface area contributed by atoms with Gasteiger partial charge in [0.25, 0.3) is 15.7 Å². The van der Waals surface area contributed by atoms with Crippen molar-refractivity contribution in [3.8, 4) is 5.75 Å². The number of methoxy groups -OCH3 is 1. The zero-order valence-corrected chi connectivity index (χ0v) is 28.2. The van der Waals surface area contributed by atoms with Gasteiger partial charge in [0.15, 0.2) is 0 Å². The van der Waals surface area contributed by atoms with E-state index in [-0.39, 0.29) is 39.8 Å². The van der Waals surface area contributed by atoms with Crippen LogP contribution in [0.2, 0.25) is 10.0 Å². The summed E-state index contributed by atoms with van der Waals surface area (Å²) in [4.78, 5) is 39.6. The summed E-state index contributed by atoms with van der Waals surface area (Å²) in [5.74, 6) is -0.702. The van der Waals surface area contributed by atoms with Crippen molar-refractivity contribution >= 4 is 56.4 Å². The minimum atomic E-state index is -4.55. The second kappa shape index (κ2) is 14.5. The molecule has 3 aromatic rings. The van der Waals surface area contributed by atoms with Gasteiger partial charge in [-0.25, -0.2) is 8.42 Å². The molecular weight excluding hydrogens is 643 g/mol. The number of rotatable bonds is 12. The van der Waals surface area contributed by atoms with Crippen LogP contribution in [0.5, 0.6) is 5.75 Å². The van der Waals surface area contributed by atoms with E-state index in [2.05, 4.69) is 5.32 Å². The number of hydrogen-bond acceptors (Lipinski definition) is 7.